The van der Waals surface area contributed by atoms with Gasteiger partial charge in [-0.15, -0.1) is 0 Å². The predicted molar refractivity (Wildman–Crippen MR) is 374 cm³/mol. The molecule has 4 heterocycles. The first-order valence-electron chi connectivity index (χ1n) is 30.6. The average Bonchev–Trinajstić information content (AvgIpc) is 1.17. The molecule has 0 saturated carbocycles. The third-order valence-corrected chi connectivity index (χ3v) is 18.2. The van der Waals surface area contributed by atoms with Crippen molar-refractivity contribution in [3.63, 3.8) is 0 Å². The van der Waals surface area contributed by atoms with Gasteiger partial charge in [0.2, 0.25) is 0 Å². The Kier molecular flexibility index (Phi) is 11.8. The molecule has 0 amide bonds. The van der Waals surface area contributed by atoms with Crippen LogP contribution in [-0.4, -0.2) is 29.1 Å². The molecular formula is C84H52N6. The van der Waals surface area contributed by atoms with Gasteiger partial charge in [0.15, 0.2) is 5.82 Å². The van der Waals surface area contributed by atoms with Crippen LogP contribution < -0.4 is 0 Å². The van der Waals surface area contributed by atoms with Crippen LogP contribution in [-0.2, 0) is 0 Å². The second kappa shape index (κ2) is 20.8. The number of aromatic nitrogens is 6. The topological polar surface area (TPSA) is 61.4 Å². The van der Waals surface area contributed by atoms with Crippen molar-refractivity contribution < 1.29 is 0 Å². The van der Waals surface area contributed by atoms with Gasteiger partial charge in [-0.2, -0.15) is 0 Å². The molecule has 6 nitrogen and oxygen atoms in total. The number of rotatable bonds is 9. The highest BCUT2D eigenvalue weighted by atomic mass is 15.1. The molecule has 0 aliphatic rings. The monoisotopic (exact) mass is 1140 g/mol. The predicted octanol–water partition coefficient (Wildman–Crippen LogP) is 21.7. The lowest BCUT2D eigenvalue weighted by Gasteiger charge is -2.18. The van der Waals surface area contributed by atoms with Crippen molar-refractivity contribution in [3.8, 4) is 90.0 Å². The smallest absolute Gasteiger partial charge is 0.164 e. The van der Waals surface area contributed by atoms with Gasteiger partial charge in [-0.25, -0.2) is 9.97 Å². The van der Waals surface area contributed by atoms with Crippen molar-refractivity contribution in [2.24, 2.45) is 0 Å². The van der Waals surface area contributed by atoms with E-state index in [1.165, 1.54) is 87.2 Å². The SMILES string of the molecule is c1ccc(-n2c(-c3ccc(-c4ccc5cc(-c6c7ccccc7c(-c7ccc8c(c7)nc(-c7ccccn7)n8-c7ccccc7)c7ccccc67)ccc5c4)nc3)nc3ccc(-c4c5ccccc5c(-c5ccc6ccccc6c5)c5ccccc45)cc32)cc1. The molecule has 0 atom stereocenters. The number of benzene rings is 14. The minimum Gasteiger partial charge on any atom is -0.292 e. The maximum atomic E-state index is 5.38. The van der Waals surface area contributed by atoms with Gasteiger partial charge in [0.05, 0.1) is 27.8 Å². The van der Waals surface area contributed by atoms with Gasteiger partial charge < -0.3 is 0 Å². The van der Waals surface area contributed by atoms with Crippen molar-refractivity contribution in [2.75, 3.05) is 0 Å². The summed E-state index contributed by atoms with van der Waals surface area (Å²) >= 11 is 0. The van der Waals surface area contributed by atoms with Crippen molar-refractivity contribution in [3.05, 3.63) is 316 Å². The molecule has 90 heavy (non-hydrogen) atoms. The molecule has 18 rings (SSSR count). The maximum Gasteiger partial charge on any atom is 0.164 e. The van der Waals surface area contributed by atoms with Crippen LogP contribution in [0.3, 0.4) is 0 Å². The van der Waals surface area contributed by atoms with Gasteiger partial charge in [0.1, 0.15) is 11.5 Å². The highest BCUT2D eigenvalue weighted by molar-refractivity contribution is 6.23. The molecule has 14 aromatic carbocycles. The largest absolute Gasteiger partial charge is 0.292 e. The quantitative estimate of drug-likeness (QED) is 0.135. The summed E-state index contributed by atoms with van der Waals surface area (Å²) in [5, 5.41) is 14.4. The van der Waals surface area contributed by atoms with Gasteiger partial charge in [-0.05, 0) is 200 Å². The van der Waals surface area contributed by atoms with E-state index >= 15 is 0 Å². The number of hydrogen-bond acceptors (Lipinski definition) is 4. The molecule has 0 fully saturated rings. The zero-order valence-electron chi connectivity index (χ0n) is 48.7. The van der Waals surface area contributed by atoms with Crippen molar-refractivity contribution >= 4 is 86.7 Å². The first-order chi connectivity index (χ1) is 44.6. The Balaban J connectivity index is 0.699. The number of para-hydroxylation sites is 2. The molecule has 0 bridgehead atoms. The Hall–Kier alpha value is -12.1. The zero-order chi connectivity index (χ0) is 59.2. The Morgan fingerprint density at radius 2 is 0.644 bits per heavy atom. The molecular weight excluding hydrogens is 1090 g/mol. The van der Waals surface area contributed by atoms with E-state index in [0.717, 1.165) is 89.5 Å². The van der Waals surface area contributed by atoms with Gasteiger partial charge in [-0.1, -0.05) is 212 Å². The lowest BCUT2D eigenvalue weighted by Crippen LogP contribution is -1.98. The van der Waals surface area contributed by atoms with Crippen LogP contribution in [0, 0.1) is 0 Å². The molecule has 0 N–H and O–H groups in total. The lowest BCUT2D eigenvalue weighted by molar-refractivity contribution is 1.08. The Bertz CT molecular complexity index is 5780. The summed E-state index contributed by atoms with van der Waals surface area (Å²) in [7, 11) is 0. The number of pyridine rings is 2. The van der Waals surface area contributed by atoms with Crippen LogP contribution >= 0.6 is 0 Å². The van der Waals surface area contributed by atoms with Gasteiger partial charge in [0.25, 0.3) is 0 Å². The van der Waals surface area contributed by atoms with E-state index in [9.17, 15) is 0 Å². The molecule has 0 radical (unpaired) electrons. The second-order valence-electron chi connectivity index (χ2n) is 23.3. The van der Waals surface area contributed by atoms with E-state index in [4.69, 9.17) is 19.9 Å². The Morgan fingerprint density at radius 3 is 1.18 bits per heavy atom. The normalized spacial score (nSPS) is 11.8. The highest BCUT2D eigenvalue weighted by Gasteiger charge is 2.23. The van der Waals surface area contributed by atoms with Gasteiger partial charge >= 0.3 is 0 Å². The molecule has 0 unspecified atom stereocenters. The fraction of sp³-hybridized carbons (Fsp3) is 0. The minimum absolute atomic E-state index is 0.808. The Morgan fingerprint density at radius 1 is 0.233 bits per heavy atom. The molecule has 418 valence electrons. The van der Waals surface area contributed by atoms with E-state index in [-0.39, 0.29) is 0 Å². The zero-order valence-corrected chi connectivity index (χ0v) is 48.7. The number of imidazole rings is 2. The molecule has 18 aromatic rings. The van der Waals surface area contributed by atoms with Gasteiger partial charge in [-0.3, -0.25) is 19.1 Å². The number of fused-ring (bicyclic) bond motifs is 8. The van der Waals surface area contributed by atoms with Crippen LogP contribution in [0.25, 0.3) is 177 Å². The van der Waals surface area contributed by atoms with Crippen LogP contribution in [0.2, 0.25) is 0 Å². The molecule has 0 aliphatic carbocycles. The second-order valence-corrected chi connectivity index (χ2v) is 23.3. The van der Waals surface area contributed by atoms with E-state index in [1.807, 2.05) is 36.7 Å². The fourth-order valence-electron chi connectivity index (χ4n) is 14.1. The first-order valence-corrected chi connectivity index (χ1v) is 30.6. The van der Waals surface area contributed by atoms with Crippen LogP contribution in [0.1, 0.15) is 0 Å². The third-order valence-electron chi connectivity index (χ3n) is 18.2. The Labute approximate surface area is 518 Å². The van der Waals surface area contributed by atoms with Crippen molar-refractivity contribution in [1.29, 1.82) is 0 Å². The van der Waals surface area contributed by atoms with Crippen molar-refractivity contribution in [1.82, 2.24) is 29.1 Å². The highest BCUT2D eigenvalue weighted by Crippen LogP contribution is 2.48. The standard InChI is InChI=1S/C84H52N6/c1-3-21-63(22-4-1)89-77-45-42-60(50-76(77)88-84(89)75-33-17-18-46-85-75)81-69-29-13-9-25-65(69)80(66-26-10-14-30-70(66)81)59-39-36-55-47-57(37-35-56(55)49-59)73-43-41-62(52-86-73)83-87-74-44-40-61(51-78(74)90(83)64-23-5-2-6-24-64)82-71-31-15-11-27-67(71)79(68-28-12-16-32-72(68)82)58-38-34-53-19-7-8-20-54(53)48-58/h1-52H. The maximum absolute atomic E-state index is 5.38. The van der Waals surface area contributed by atoms with Crippen molar-refractivity contribution in [2.45, 2.75) is 0 Å². The van der Waals surface area contributed by atoms with E-state index < -0.39 is 0 Å². The summed E-state index contributed by atoms with van der Waals surface area (Å²) in [4.78, 5) is 20.6. The fourth-order valence-corrected chi connectivity index (χ4v) is 14.1. The summed E-state index contributed by atoms with van der Waals surface area (Å²) in [6.45, 7) is 0. The van der Waals surface area contributed by atoms with E-state index in [2.05, 4.69) is 288 Å². The first kappa shape index (κ1) is 51.1. The van der Waals surface area contributed by atoms with Gasteiger partial charge in [0, 0.05) is 34.9 Å². The van der Waals surface area contributed by atoms with Crippen LogP contribution in [0.4, 0.5) is 0 Å². The van der Waals surface area contributed by atoms with E-state index in [1.54, 1.807) is 0 Å². The third kappa shape index (κ3) is 8.34. The molecule has 6 heteroatoms. The molecule has 0 saturated heterocycles. The summed E-state index contributed by atoms with van der Waals surface area (Å²) in [6.07, 6.45) is 3.81. The lowest BCUT2D eigenvalue weighted by atomic mass is 9.85. The molecule has 4 aromatic heterocycles. The number of hydrogen-bond donors (Lipinski definition) is 0. The summed E-state index contributed by atoms with van der Waals surface area (Å²) in [5.41, 5.74) is 19.1. The number of nitrogens with zero attached hydrogens (tertiary/aromatic N) is 6. The minimum atomic E-state index is 0.808. The average molecular weight is 1150 g/mol. The van der Waals surface area contributed by atoms with E-state index in [0.29, 0.717) is 0 Å². The van der Waals surface area contributed by atoms with Crippen LogP contribution in [0.15, 0.2) is 316 Å². The molecule has 0 aliphatic heterocycles. The molecule has 0 spiro atoms. The summed E-state index contributed by atoms with van der Waals surface area (Å²) in [6, 6.07) is 109. The van der Waals surface area contributed by atoms with Crippen LogP contribution in [0.5, 0.6) is 0 Å². The summed E-state index contributed by atoms with van der Waals surface area (Å²) < 4.78 is 4.50. The summed E-state index contributed by atoms with van der Waals surface area (Å²) in [5.74, 6) is 1.64.